The Hall–Kier alpha value is -2.66. The van der Waals surface area contributed by atoms with Crippen LogP contribution in [-0.4, -0.2) is 78.0 Å². The van der Waals surface area contributed by atoms with Gasteiger partial charge in [0.25, 0.3) is 0 Å². The molecule has 1 N–H and O–H groups in total. The number of piperidine rings is 1. The molecule has 2 aromatic heterocycles. The Morgan fingerprint density at radius 2 is 1.89 bits per heavy atom. The average molecular weight is 506 g/mol. The van der Waals surface area contributed by atoms with E-state index in [9.17, 15) is 9.59 Å². The van der Waals surface area contributed by atoms with Crippen molar-refractivity contribution in [3.05, 3.63) is 18.0 Å². The second-order valence-corrected chi connectivity index (χ2v) is 16.8. The van der Waals surface area contributed by atoms with Crippen molar-refractivity contribution in [2.75, 3.05) is 32.1 Å². The summed E-state index contributed by atoms with van der Waals surface area (Å²) in [5.74, 6) is 0.115. The van der Waals surface area contributed by atoms with Crippen molar-refractivity contribution >= 4 is 37.1 Å². The minimum Gasteiger partial charge on any atom is -0.465 e. The molecule has 0 aliphatic carbocycles. The number of carbonyl (C=O) groups is 2. The molecule has 1 fully saturated rings. The van der Waals surface area contributed by atoms with Gasteiger partial charge in [-0.2, -0.15) is 0 Å². The molecule has 2 aromatic rings. The Bertz CT molecular complexity index is 1040. The predicted octanol–water partition coefficient (Wildman–Crippen LogP) is 4.34. The number of carbonyl (C=O) groups excluding carboxylic acids is 2. The third-order valence-electron chi connectivity index (χ3n) is 5.70. The largest absolute Gasteiger partial charge is 0.465 e. The summed E-state index contributed by atoms with van der Waals surface area (Å²) < 4.78 is 18.1. The molecule has 3 rings (SSSR count). The van der Waals surface area contributed by atoms with Crippen LogP contribution >= 0.6 is 0 Å². The van der Waals surface area contributed by atoms with Crippen molar-refractivity contribution < 1.29 is 23.8 Å². The zero-order valence-electron chi connectivity index (χ0n) is 22.0. The van der Waals surface area contributed by atoms with Crippen molar-refractivity contribution in [3.8, 4) is 0 Å². The van der Waals surface area contributed by atoms with E-state index in [-0.39, 0.29) is 12.1 Å². The first-order valence-corrected chi connectivity index (χ1v) is 15.8. The van der Waals surface area contributed by atoms with Crippen LogP contribution in [0.1, 0.15) is 44.0 Å². The third-order valence-corrected chi connectivity index (χ3v) is 7.40. The molecule has 0 radical (unpaired) electrons. The van der Waals surface area contributed by atoms with Crippen LogP contribution in [0.3, 0.4) is 0 Å². The van der Waals surface area contributed by atoms with E-state index < -0.39 is 19.6 Å². The molecule has 0 bridgehead atoms. The fraction of sp³-hybridized carbons (Fsp3) is 0.667. The monoisotopic (exact) mass is 505 g/mol. The van der Waals surface area contributed by atoms with Crippen LogP contribution in [0.4, 0.5) is 10.6 Å². The Labute approximate surface area is 208 Å². The molecule has 35 heavy (non-hydrogen) atoms. The molecule has 194 valence electrons. The van der Waals surface area contributed by atoms with Crippen LogP contribution in [0, 0.1) is 0 Å². The molecule has 0 aromatic carbocycles. The van der Waals surface area contributed by atoms with Gasteiger partial charge in [0.15, 0.2) is 5.65 Å². The molecule has 1 saturated heterocycles. The zero-order chi connectivity index (χ0) is 25.8. The van der Waals surface area contributed by atoms with Crippen molar-refractivity contribution in [1.29, 1.82) is 0 Å². The van der Waals surface area contributed by atoms with E-state index in [0.717, 1.165) is 18.9 Å². The summed E-state index contributed by atoms with van der Waals surface area (Å²) >= 11 is 0. The Morgan fingerprint density at radius 3 is 2.49 bits per heavy atom. The van der Waals surface area contributed by atoms with Crippen LogP contribution in [0.25, 0.3) is 11.2 Å². The molecular weight excluding hydrogens is 466 g/mol. The number of rotatable bonds is 8. The number of fused-ring (bicyclic) bond motifs is 1. The van der Waals surface area contributed by atoms with Crippen molar-refractivity contribution in [2.24, 2.45) is 0 Å². The lowest BCUT2D eigenvalue weighted by atomic mass is 10.1. The molecule has 0 spiro atoms. The summed E-state index contributed by atoms with van der Waals surface area (Å²) in [5, 5.41) is 3.40. The van der Waals surface area contributed by atoms with Crippen molar-refractivity contribution in [1.82, 2.24) is 19.4 Å². The Morgan fingerprint density at radius 1 is 1.20 bits per heavy atom. The van der Waals surface area contributed by atoms with E-state index in [4.69, 9.17) is 14.2 Å². The first-order chi connectivity index (χ1) is 16.4. The van der Waals surface area contributed by atoms with Gasteiger partial charge in [-0.3, -0.25) is 0 Å². The maximum Gasteiger partial charge on any atom is 0.410 e. The van der Waals surface area contributed by atoms with Crippen molar-refractivity contribution in [3.63, 3.8) is 0 Å². The molecule has 11 heteroatoms. The molecule has 0 saturated carbocycles. The highest BCUT2D eigenvalue weighted by molar-refractivity contribution is 6.76. The summed E-state index contributed by atoms with van der Waals surface area (Å²) in [5.41, 5.74) is 0.891. The number of nitrogens with zero attached hydrogens (tertiary/aromatic N) is 4. The number of hydrogen-bond acceptors (Lipinski definition) is 8. The third kappa shape index (κ3) is 7.66. The van der Waals surface area contributed by atoms with E-state index in [1.165, 1.54) is 7.11 Å². The molecule has 1 amide bonds. The second-order valence-electron chi connectivity index (χ2n) is 11.2. The number of aromatic nitrogens is 3. The van der Waals surface area contributed by atoms with Gasteiger partial charge in [-0.25, -0.2) is 19.6 Å². The van der Waals surface area contributed by atoms with Gasteiger partial charge in [0, 0.05) is 40.0 Å². The quantitative estimate of drug-likeness (QED) is 0.321. The molecule has 0 unspecified atom stereocenters. The van der Waals surface area contributed by atoms with Gasteiger partial charge in [-0.15, -0.1) is 0 Å². The molecule has 3 heterocycles. The smallest absolute Gasteiger partial charge is 0.410 e. The minimum absolute atomic E-state index is 0.133. The number of anilines is 1. The molecule has 0 atom stereocenters. The zero-order valence-corrected chi connectivity index (χ0v) is 23.0. The number of hydrogen-bond donors (Lipinski definition) is 1. The van der Waals surface area contributed by atoms with Crippen LogP contribution in [0.5, 0.6) is 0 Å². The Kier molecular flexibility index (Phi) is 8.42. The standard InChI is InChI=1S/C24H39N5O5Si/c1-24(2,3)34-23(31)28-10-8-17(9-11-28)26-19-14-25-21-20(27-19)18(22(30)32-4)15-29(21)16-33-12-13-35(5,6)7/h14-15,17H,8-13,16H2,1-7H3,(H,26,27). The fourth-order valence-electron chi connectivity index (χ4n) is 3.76. The number of ether oxygens (including phenoxy) is 3. The lowest BCUT2D eigenvalue weighted by Crippen LogP contribution is -2.44. The number of esters is 1. The molecule has 10 nitrogen and oxygen atoms in total. The highest BCUT2D eigenvalue weighted by Gasteiger charge is 2.27. The lowest BCUT2D eigenvalue weighted by Gasteiger charge is -2.33. The van der Waals surface area contributed by atoms with Gasteiger partial charge in [0.2, 0.25) is 0 Å². The summed E-state index contributed by atoms with van der Waals surface area (Å²) in [6.07, 6.45) is 4.59. The number of nitrogens with one attached hydrogen (secondary N) is 1. The minimum atomic E-state index is -1.19. The van der Waals surface area contributed by atoms with E-state index in [2.05, 4.69) is 34.9 Å². The van der Waals surface area contributed by atoms with Gasteiger partial charge in [0.05, 0.1) is 13.3 Å². The summed E-state index contributed by atoms with van der Waals surface area (Å²) in [6, 6.07) is 1.19. The summed E-state index contributed by atoms with van der Waals surface area (Å²) in [7, 11) is 0.160. The van der Waals surface area contributed by atoms with Gasteiger partial charge in [-0.05, 0) is 39.7 Å². The van der Waals surface area contributed by atoms with E-state index in [1.54, 1.807) is 21.9 Å². The van der Waals surface area contributed by atoms with Crippen LogP contribution in [-0.2, 0) is 20.9 Å². The highest BCUT2D eigenvalue weighted by atomic mass is 28.3. The van der Waals surface area contributed by atoms with Crippen LogP contribution < -0.4 is 5.32 Å². The van der Waals surface area contributed by atoms with Gasteiger partial charge in [0.1, 0.15) is 29.2 Å². The SMILES string of the molecule is COC(=O)c1cn(COCC[Si](C)(C)C)c2ncc(NC3CCN(C(=O)OC(C)(C)C)CC3)nc12. The number of amides is 1. The molecule has 1 aliphatic rings. The van der Waals surface area contributed by atoms with E-state index >= 15 is 0 Å². The summed E-state index contributed by atoms with van der Waals surface area (Å²) in [4.78, 5) is 35.7. The Balaban J connectivity index is 1.67. The number of likely N-dealkylation sites (tertiary alicyclic amines) is 1. The molecular formula is C24H39N5O5Si. The van der Waals surface area contributed by atoms with Crippen molar-refractivity contribution in [2.45, 2.75) is 77.7 Å². The first-order valence-electron chi connectivity index (χ1n) is 12.1. The normalized spacial score (nSPS) is 15.3. The molecule has 1 aliphatic heterocycles. The number of methoxy groups -OCH3 is 1. The highest BCUT2D eigenvalue weighted by Crippen LogP contribution is 2.23. The predicted molar refractivity (Wildman–Crippen MR) is 137 cm³/mol. The summed E-state index contributed by atoms with van der Waals surface area (Å²) in [6.45, 7) is 14.7. The van der Waals surface area contributed by atoms with E-state index in [1.807, 2.05) is 20.8 Å². The van der Waals surface area contributed by atoms with Gasteiger partial charge >= 0.3 is 12.1 Å². The first kappa shape index (κ1) is 26.9. The average Bonchev–Trinajstić information content (AvgIpc) is 3.13. The second kappa shape index (κ2) is 10.9. The lowest BCUT2D eigenvalue weighted by molar-refractivity contribution is 0.0210. The van der Waals surface area contributed by atoms with Gasteiger partial charge < -0.3 is 29.0 Å². The fourth-order valence-corrected chi connectivity index (χ4v) is 4.52. The maximum absolute atomic E-state index is 12.4. The van der Waals surface area contributed by atoms with Gasteiger partial charge in [-0.1, -0.05) is 19.6 Å². The van der Waals surface area contributed by atoms with E-state index in [0.29, 0.717) is 49.0 Å². The van der Waals surface area contributed by atoms with Crippen LogP contribution in [0.15, 0.2) is 12.4 Å². The van der Waals surface area contributed by atoms with Crippen LogP contribution in [0.2, 0.25) is 25.7 Å². The maximum atomic E-state index is 12.4. The topological polar surface area (TPSA) is 108 Å².